The zero-order valence-corrected chi connectivity index (χ0v) is 22.5. The van der Waals surface area contributed by atoms with Crippen LogP contribution in [0.25, 0.3) is 0 Å². The van der Waals surface area contributed by atoms with Gasteiger partial charge < -0.3 is 14.8 Å². The average Bonchev–Trinajstić information content (AvgIpc) is 2.80. The van der Waals surface area contributed by atoms with Crippen LogP contribution < -0.4 is 10.1 Å². The van der Waals surface area contributed by atoms with Crippen molar-refractivity contribution in [3.8, 4) is 5.88 Å². The van der Waals surface area contributed by atoms with Crippen LogP contribution >= 0.6 is 0 Å². The third-order valence-corrected chi connectivity index (χ3v) is 7.29. The van der Waals surface area contributed by atoms with E-state index in [1.165, 1.54) is 0 Å². The minimum Gasteiger partial charge on any atom is -0.473 e. The lowest BCUT2D eigenvalue weighted by atomic mass is 9.76. The van der Waals surface area contributed by atoms with Crippen molar-refractivity contribution in [1.82, 2.24) is 9.88 Å². The van der Waals surface area contributed by atoms with Crippen LogP contribution in [0.2, 0.25) is 0 Å². The molecule has 1 aliphatic carbocycles. The predicted octanol–water partition coefficient (Wildman–Crippen LogP) is 6.37. The van der Waals surface area contributed by atoms with Crippen LogP contribution in [0.1, 0.15) is 56.4 Å². The van der Waals surface area contributed by atoms with E-state index in [-0.39, 0.29) is 23.6 Å². The highest BCUT2D eigenvalue weighted by atomic mass is 19.1. The standard InChI is InChI=1S/C31H36FN3O3/c1-20-28(12-13-29(33-20)37-19-21-8-6-5-7-9-21)34-24-10-11-26(27(32)16-24)23-17-35(18-23)25-14-22(15-25)30(36)38-31(2,3)4/h5-13,16,22-23,25,34H,14-15,17-19H2,1-4H3. The van der Waals surface area contributed by atoms with Crippen molar-refractivity contribution in [3.05, 3.63) is 83.3 Å². The summed E-state index contributed by atoms with van der Waals surface area (Å²) in [6, 6.07) is 19.4. The molecule has 7 heteroatoms. The molecule has 1 aromatic heterocycles. The van der Waals surface area contributed by atoms with E-state index in [9.17, 15) is 4.79 Å². The van der Waals surface area contributed by atoms with Crippen molar-refractivity contribution < 1.29 is 18.7 Å². The Kier molecular flexibility index (Phi) is 7.39. The van der Waals surface area contributed by atoms with Crippen LogP contribution in [0.15, 0.2) is 60.7 Å². The molecule has 200 valence electrons. The second-order valence-electron chi connectivity index (χ2n) is 11.4. The van der Waals surface area contributed by atoms with Crippen molar-refractivity contribution in [1.29, 1.82) is 0 Å². The monoisotopic (exact) mass is 517 g/mol. The zero-order chi connectivity index (χ0) is 26.9. The number of nitrogens with one attached hydrogen (secondary N) is 1. The summed E-state index contributed by atoms with van der Waals surface area (Å²) in [5.74, 6) is 0.418. The summed E-state index contributed by atoms with van der Waals surface area (Å²) in [4.78, 5) is 19.1. The smallest absolute Gasteiger partial charge is 0.309 e. The van der Waals surface area contributed by atoms with E-state index < -0.39 is 5.60 Å². The van der Waals surface area contributed by atoms with Crippen molar-refractivity contribution in [2.45, 2.75) is 64.7 Å². The number of aromatic nitrogens is 1. The number of rotatable bonds is 8. The number of pyridine rings is 1. The molecule has 1 saturated carbocycles. The minimum atomic E-state index is -0.446. The lowest BCUT2D eigenvalue weighted by Crippen LogP contribution is -2.56. The maximum atomic E-state index is 15.0. The molecule has 0 unspecified atom stereocenters. The van der Waals surface area contributed by atoms with Gasteiger partial charge in [0, 0.05) is 36.8 Å². The van der Waals surface area contributed by atoms with Gasteiger partial charge in [0.25, 0.3) is 0 Å². The number of hydrogen-bond acceptors (Lipinski definition) is 6. The Morgan fingerprint density at radius 1 is 1.08 bits per heavy atom. The lowest BCUT2D eigenvalue weighted by molar-refractivity contribution is -0.166. The SMILES string of the molecule is Cc1nc(OCc2ccccc2)ccc1Nc1ccc(C2CN(C3CC(C(=O)OC(C)(C)C)C3)C2)c(F)c1. The fraction of sp³-hybridized carbons (Fsp3) is 0.419. The van der Waals surface area contributed by atoms with E-state index in [1.54, 1.807) is 6.07 Å². The molecule has 0 spiro atoms. The Labute approximate surface area is 224 Å². The molecular formula is C31H36FN3O3. The van der Waals surface area contributed by atoms with Crippen molar-refractivity contribution >= 4 is 17.3 Å². The first kappa shape index (κ1) is 26.2. The summed E-state index contributed by atoms with van der Waals surface area (Å²) in [5, 5.41) is 3.28. The molecule has 5 rings (SSSR count). The normalized spacial score (nSPS) is 19.8. The molecule has 1 aliphatic heterocycles. The number of nitrogens with zero attached hydrogens (tertiary/aromatic N) is 2. The van der Waals surface area contributed by atoms with Gasteiger partial charge in [-0.2, -0.15) is 0 Å². The maximum Gasteiger partial charge on any atom is 0.309 e. The van der Waals surface area contributed by atoms with Gasteiger partial charge in [-0.15, -0.1) is 0 Å². The topological polar surface area (TPSA) is 63.7 Å². The average molecular weight is 518 g/mol. The molecule has 38 heavy (non-hydrogen) atoms. The molecular weight excluding hydrogens is 481 g/mol. The lowest BCUT2D eigenvalue weighted by Gasteiger charge is -2.50. The number of anilines is 2. The van der Waals surface area contributed by atoms with Gasteiger partial charge >= 0.3 is 5.97 Å². The highest BCUT2D eigenvalue weighted by Gasteiger charge is 2.44. The molecule has 2 fully saturated rings. The Balaban J connectivity index is 1.11. The predicted molar refractivity (Wildman–Crippen MR) is 146 cm³/mol. The van der Waals surface area contributed by atoms with Crippen LogP contribution in [-0.2, 0) is 16.1 Å². The molecule has 1 saturated heterocycles. The molecule has 2 aromatic carbocycles. The number of hydrogen-bond donors (Lipinski definition) is 1. The van der Waals surface area contributed by atoms with Gasteiger partial charge in [0.1, 0.15) is 18.0 Å². The molecule has 2 aliphatic rings. The van der Waals surface area contributed by atoms with Gasteiger partial charge in [0.2, 0.25) is 5.88 Å². The van der Waals surface area contributed by atoms with E-state index in [2.05, 4.69) is 15.2 Å². The molecule has 3 aromatic rings. The third-order valence-electron chi connectivity index (χ3n) is 7.29. The summed E-state index contributed by atoms with van der Waals surface area (Å²) in [7, 11) is 0. The highest BCUT2D eigenvalue weighted by Crippen LogP contribution is 2.40. The molecule has 0 radical (unpaired) electrons. The largest absolute Gasteiger partial charge is 0.473 e. The number of likely N-dealkylation sites (tertiary alicyclic amines) is 1. The molecule has 0 amide bonds. The van der Waals surface area contributed by atoms with Crippen molar-refractivity contribution in [2.75, 3.05) is 18.4 Å². The third kappa shape index (κ3) is 6.16. The summed E-state index contributed by atoms with van der Waals surface area (Å²) in [6.07, 6.45) is 1.66. The van der Waals surface area contributed by atoms with Gasteiger partial charge in [0.15, 0.2) is 0 Å². The number of benzene rings is 2. The van der Waals surface area contributed by atoms with E-state index >= 15 is 4.39 Å². The molecule has 1 N–H and O–H groups in total. The van der Waals surface area contributed by atoms with E-state index in [0.717, 1.165) is 48.4 Å². The van der Waals surface area contributed by atoms with E-state index in [4.69, 9.17) is 9.47 Å². The summed E-state index contributed by atoms with van der Waals surface area (Å²) < 4.78 is 26.3. The van der Waals surface area contributed by atoms with Crippen LogP contribution in [0.3, 0.4) is 0 Å². The maximum absolute atomic E-state index is 15.0. The fourth-order valence-electron chi connectivity index (χ4n) is 5.04. The van der Waals surface area contributed by atoms with Crippen LogP contribution in [0, 0.1) is 18.7 Å². The first-order valence-corrected chi connectivity index (χ1v) is 13.3. The number of ether oxygens (including phenoxy) is 2. The van der Waals surface area contributed by atoms with Crippen molar-refractivity contribution in [2.24, 2.45) is 5.92 Å². The summed E-state index contributed by atoms with van der Waals surface area (Å²) in [6.45, 7) is 9.69. The number of halogens is 1. The van der Waals surface area contributed by atoms with Gasteiger partial charge in [-0.05, 0) is 69.9 Å². The minimum absolute atomic E-state index is 0.0113. The molecule has 6 nitrogen and oxygen atoms in total. The molecule has 0 atom stereocenters. The van der Waals surface area contributed by atoms with Crippen LogP contribution in [0.4, 0.5) is 15.8 Å². The summed E-state index contributed by atoms with van der Waals surface area (Å²) in [5.41, 5.74) is 3.65. The first-order valence-electron chi connectivity index (χ1n) is 13.3. The van der Waals surface area contributed by atoms with Crippen LogP contribution in [0.5, 0.6) is 5.88 Å². The van der Waals surface area contributed by atoms with E-state index in [1.807, 2.05) is 82.3 Å². The van der Waals surface area contributed by atoms with Gasteiger partial charge in [-0.1, -0.05) is 36.4 Å². The second kappa shape index (κ2) is 10.7. The second-order valence-corrected chi connectivity index (χ2v) is 11.4. The van der Waals surface area contributed by atoms with Gasteiger partial charge in [-0.3, -0.25) is 9.69 Å². The number of esters is 1. The van der Waals surface area contributed by atoms with Crippen LogP contribution in [-0.4, -0.2) is 40.6 Å². The Morgan fingerprint density at radius 2 is 1.82 bits per heavy atom. The summed E-state index contributed by atoms with van der Waals surface area (Å²) >= 11 is 0. The van der Waals surface area contributed by atoms with Gasteiger partial charge in [-0.25, -0.2) is 9.37 Å². The zero-order valence-electron chi connectivity index (χ0n) is 22.5. The number of aryl methyl sites for hydroxylation is 1. The molecule has 2 heterocycles. The fourth-order valence-corrected chi connectivity index (χ4v) is 5.04. The Hall–Kier alpha value is -3.45. The quantitative estimate of drug-likeness (QED) is 0.350. The van der Waals surface area contributed by atoms with Crippen molar-refractivity contribution in [3.63, 3.8) is 0 Å². The van der Waals surface area contributed by atoms with Gasteiger partial charge in [0.05, 0.1) is 17.3 Å². The number of carbonyl (C=O) groups is 1. The Morgan fingerprint density at radius 3 is 2.47 bits per heavy atom. The number of carbonyl (C=O) groups excluding carboxylic acids is 1. The Bertz CT molecular complexity index is 1280. The molecule has 0 bridgehead atoms. The van der Waals surface area contributed by atoms with E-state index in [0.29, 0.717) is 24.2 Å². The first-order chi connectivity index (χ1) is 18.1. The highest BCUT2D eigenvalue weighted by molar-refractivity contribution is 5.74.